The van der Waals surface area contributed by atoms with Crippen molar-refractivity contribution in [3.63, 3.8) is 0 Å². The summed E-state index contributed by atoms with van der Waals surface area (Å²) in [6, 6.07) is 0.333. The summed E-state index contributed by atoms with van der Waals surface area (Å²) in [6.07, 6.45) is 7.97. The molecular weight excluding hydrogens is 252 g/mol. The third-order valence-electron chi connectivity index (χ3n) is 3.92. The lowest BCUT2D eigenvalue weighted by Crippen LogP contribution is -2.38. The van der Waals surface area contributed by atoms with Gasteiger partial charge in [-0.2, -0.15) is 0 Å². The normalized spacial score (nSPS) is 18.6. The molecule has 1 amide bonds. The predicted octanol–water partition coefficient (Wildman–Crippen LogP) is 1.78. The number of carbonyl (C=O) groups is 1. The van der Waals surface area contributed by atoms with Gasteiger partial charge in [-0.25, -0.2) is 0 Å². The van der Waals surface area contributed by atoms with Gasteiger partial charge in [0.25, 0.3) is 0 Å². The van der Waals surface area contributed by atoms with E-state index in [1.807, 2.05) is 0 Å². The van der Waals surface area contributed by atoms with Crippen LogP contribution in [-0.4, -0.2) is 31.0 Å². The number of rotatable bonds is 7. The van der Waals surface area contributed by atoms with Gasteiger partial charge in [0.1, 0.15) is 0 Å². The Balaban J connectivity index is 2.10. The molecule has 0 aromatic carbocycles. The second kappa shape index (κ2) is 9.61. The summed E-state index contributed by atoms with van der Waals surface area (Å²) < 4.78 is 0. The topological polar surface area (TPSA) is 79.5 Å². The summed E-state index contributed by atoms with van der Waals surface area (Å²) in [6.45, 7) is 5.25. The number of amides is 1. The standard InChI is InChI=1S/C15H30N4O/c1-3-12(2)19-15(16)18-10-9-17-14(20)11-13-7-5-4-6-8-13/h12-13H,3-11H2,1-2H3,(H,17,20)(H3,16,18,19). The largest absolute Gasteiger partial charge is 0.370 e. The van der Waals surface area contributed by atoms with Crippen LogP contribution >= 0.6 is 0 Å². The summed E-state index contributed by atoms with van der Waals surface area (Å²) in [5.74, 6) is 1.20. The summed E-state index contributed by atoms with van der Waals surface area (Å²) >= 11 is 0. The van der Waals surface area contributed by atoms with Crippen molar-refractivity contribution in [2.75, 3.05) is 13.1 Å². The Bertz CT molecular complexity index is 311. The Morgan fingerprint density at radius 3 is 2.70 bits per heavy atom. The molecule has 0 saturated heterocycles. The highest BCUT2D eigenvalue weighted by atomic mass is 16.1. The SMILES string of the molecule is CCC(C)NC(N)=NCCNC(=O)CC1CCCCC1. The zero-order valence-corrected chi connectivity index (χ0v) is 13.0. The van der Waals surface area contributed by atoms with E-state index in [0.717, 1.165) is 6.42 Å². The molecule has 4 N–H and O–H groups in total. The zero-order valence-electron chi connectivity index (χ0n) is 13.0. The molecule has 5 nitrogen and oxygen atoms in total. The molecule has 1 aliphatic rings. The van der Waals surface area contributed by atoms with E-state index in [-0.39, 0.29) is 5.91 Å². The molecule has 116 valence electrons. The van der Waals surface area contributed by atoms with Gasteiger partial charge in [-0.15, -0.1) is 0 Å². The minimum Gasteiger partial charge on any atom is -0.370 e. The quantitative estimate of drug-likeness (QED) is 0.378. The van der Waals surface area contributed by atoms with Crippen molar-refractivity contribution >= 4 is 11.9 Å². The Morgan fingerprint density at radius 2 is 2.05 bits per heavy atom. The number of nitrogens with two attached hydrogens (primary N) is 1. The van der Waals surface area contributed by atoms with Crippen LogP contribution < -0.4 is 16.4 Å². The van der Waals surface area contributed by atoms with Gasteiger partial charge in [-0.05, 0) is 32.1 Å². The van der Waals surface area contributed by atoms with E-state index in [0.29, 0.717) is 37.4 Å². The van der Waals surface area contributed by atoms with Crippen LogP contribution in [-0.2, 0) is 4.79 Å². The van der Waals surface area contributed by atoms with Crippen LogP contribution in [0.5, 0.6) is 0 Å². The van der Waals surface area contributed by atoms with E-state index >= 15 is 0 Å². The van der Waals surface area contributed by atoms with Crippen molar-refractivity contribution < 1.29 is 4.79 Å². The first-order valence-electron chi connectivity index (χ1n) is 7.95. The van der Waals surface area contributed by atoms with Crippen molar-refractivity contribution in [1.29, 1.82) is 0 Å². The van der Waals surface area contributed by atoms with Crippen LogP contribution in [0.1, 0.15) is 58.8 Å². The molecule has 1 rings (SSSR count). The van der Waals surface area contributed by atoms with E-state index < -0.39 is 0 Å². The number of carbonyl (C=O) groups excluding carboxylic acids is 1. The van der Waals surface area contributed by atoms with Crippen LogP contribution in [0.2, 0.25) is 0 Å². The average molecular weight is 282 g/mol. The molecule has 0 aromatic rings. The van der Waals surface area contributed by atoms with Crippen molar-refractivity contribution in [2.24, 2.45) is 16.6 Å². The number of hydrogen-bond acceptors (Lipinski definition) is 2. The molecular formula is C15H30N4O. The van der Waals surface area contributed by atoms with Crippen molar-refractivity contribution in [1.82, 2.24) is 10.6 Å². The minimum atomic E-state index is 0.153. The molecule has 0 aliphatic heterocycles. The molecule has 0 bridgehead atoms. The number of aliphatic imine (C=N–C) groups is 1. The van der Waals surface area contributed by atoms with Crippen LogP contribution in [0.25, 0.3) is 0 Å². The van der Waals surface area contributed by atoms with Gasteiger partial charge in [0.15, 0.2) is 5.96 Å². The van der Waals surface area contributed by atoms with E-state index in [9.17, 15) is 4.79 Å². The van der Waals surface area contributed by atoms with Crippen molar-refractivity contribution in [2.45, 2.75) is 64.8 Å². The lowest BCUT2D eigenvalue weighted by molar-refractivity contribution is -0.122. The minimum absolute atomic E-state index is 0.153. The van der Waals surface area contributed by atoms with Gasteiger partial charge in [0.05, 0.1) is 6.54 Å². The highest BCUT2D eigenvalue weighted by Crippen LogP contribution is 2.25. The molecule has 5 heteroatoms. The van der Waals surface area contributed by atoms with Crippen molar-refractivity contribution in [3.05, 3.63) is 0 Å². The Hall–Kier alpha value is -1.26. The van der Waals surface area contributed by atoms with Crippen LogP contribution in [0.3, 0.4) is 0 Å². The summed E-state index contributed by atoms with van der Waals surface area (Å²) in [5, 5.41) is 6.02. The Labute approximate surface area is 122 Å². The van der Waals surface area contributed by atoms with Crippen LogP contribution in [0.15, 0.2) is 4.99 Å². The summed E-state index contributed by atoms with van der Waals surface area (Å²) in [4.78, 5) is 16.0. The van der Waals surface area contributed by atoms with E-state index in [1.165, 1.54) is 32.1 Å². The molecule has 0 radical (unpaired) electrons. The molecule has 0 aromatic heterocycles. The monoisotopic (exact) mass is 282 g/mol. The lowest BCUT2D eigenvalue weighted by atomic mass is 9.87. The van der Waals surface area contributed by atoms with Gasteiger partial charge < -0.3 is 16.4 Å². The maximum absolute atomic E-state index is 11.8. The number of guanidine groups is 1. The molecule has 0 spiro atoms. The molecule has 1 atom stereocenters. The molecule has 1 aliphatic carbocycles. The zero-order chi connectivity index (χ0) is 14.8. The second-order valence-electron chi connectivity index (χ2n) is 5.78. The van der Waals surface area contributed by atoms with Gasteiger partial charge >= 0.3 is 0 Å². The van der Waals surface area contributed by atoms with Crippen LogP contribution in [0, 0.1) is 5.92 Å². The smallest absolute Gasteiger partial charge is 0.220 e. The molecule has 20 heavy (non-hydrogen) atoms. The first-order chi connectivity index (χ1) is 9.61. The highest BCUT2D eigenvalue weighted by Gasteiger charge is 2.16. The van der Waals surface area contributed by atoms with Gasteiger partial charge in [-0.3, -0.25) is 9.79 Å². The molecule has 1 unspecified atom stereocenters. The fourth-order valence-electron chi connectivity index (χ4n) is 2.50. The van der Waals surface area contributed by atoms with Gasteiger partial charge in [-0.1, -0.05) is 26.2 Å². The van der Waals surface area contributed by atoms with E-state index in [1.54, 1.807) is 0 Å². The lowest BCUT2D eigenvalue weighted by Gasteiger charge is -2.20. The third-order valence-corrected chi connectivity index (χ3v) is 3.92. The second-order valence-corrected chi connectivity index (χ2v) is 5.78. The fourth-order valence-corrected chi connectivity index (χ4v) is 2.50. The summed E-state index contributed by atoms with van der Waals surface area (Å²) in [7, 11) is 0. The third kappa shape index (κ3) is 7.36. The number of nitrogens with zero attached hydrogens (tertiary/aromatic N) is 1. The van der Waals surface area contributed by atoms with Gasteiger partial charge in [0.2, 0.25) is 5.91 Å². The van der Waals surface area contributed by atoms with Crippen LogP contribution in [0.4, 0.5) is 0 Å². The first-order valence-corrected chi connectivity index (χ1v) is 7.95. The number of hydrogen-bond donors (Lipinski definition) is 3. The average Bonchev–Trinajstić information content (AvgIpc) is 2.44. The molecule has 0 heterocycles. The van der Waals surface area contributed by atoms with E-state index in [2.05, 4.69) is 29.5 Å². The predicted molar refractivity (Wildman–Crippen MR) is 83.6 cm³/mol. The number of nitrogens with one attached hydrogen (secondary N) is 2. The molecule has 1 saturated carbocycles. The maximum Gasteiger partial charge on any atom is 0.220 e. The maximum atomic E-state index is 11.8. The Morgan fingerprint density at radius 1 is 1.35 bits per heavy atom. The Kier molecular flexibility index (Phi) is 8.07. The highest BCUT2D eigenvalue weighted by molar-refractivity contribution is 5.78. The van der Waals surface area contributed by atoms with Crippen molar-refractivity contribution in [3.8, 4) is 0 Å². The molecule has 1 fully saturated rings. The van der Waals surface area contributed by atoms with E-state index in [4.69, 9.17) is 5.73 Å². The van der Waals surface area contributed by atoms with Gasteiger partial charge in [0, 0.05) is 19.0 Å². The summed E-state index contributed by atoms with van der Waals surface area (Å²) in [5.41, 5.74) is 5.74. The first kappa shape index (κ1) is 16.8. The fraction of sp³-hybridized carbons (Fsp3) is 0.867.